The third kappa shape index (κ3) is 2.23. The third-order valence-electron chi connectivity index (χ3n) is 2.40. The van der Waals surface area contributed by atoms with Crippen LogP contribution < -0.4 is 10.6 Å². The van der Waals surface area contributed by atoms with Crippen molar-refractivity contribution < 1.29 is 9.53 Å². The number of hydrogen-bond donors (Lipinski definition) is 2. The Morgan fingerprint density at radius 1 is 1.57 bits per heavy atom. The maximum atomic E-state index is 11.5. The van der Waals surface area contributed by atoms with Gasteiger partial charge in [-0.3, -0.25) is 15.1 Å². The van der Waals surface area contributed by atoms with Crippen LogP contribution in [-0.2, 0) is 9.53 Å². The van der Waals surface area contributed by atoms with Crippen molar-refractivity contribution in [3.8, 4) is 0 Å². The molecule has 1 fully saturated rings. The normalized spacial score (nSPS) is 29.1. The van der Waals surface area contributed by atoms with Crippen LogP contribution in [0.4, 0.5) is 0 Å². The Hall–Kier alpha value is -1.10. The fourth-order valence-electron chi connectivity index (χ4n) is 1.17. The van der Waals surface area contributed by atoms with E-state index in [2.05, 4.69) is 15.6 Å². The summed E-state index contributed by atoms with van der Waals surface area (Å²) in [6.07, 6.45) is 0.738. The molecule has 14 heavy (non-hydrogen) atoms. The van der Waals surface area contributed by atoms with E-state index in [1.807, 2.05) is 13.8 Å². The van der Waals surface area contributed by atoms with Crippen LogP contribution >= 0.6 is 0 Å². The van der Waals surface area contributed by atoms with Crippen LogP contribution in [0.15, 0.2) is 4.99 Å². The van der Waals surface area contributed by atoms with Gasteiger partial charge in [-0.25, -0.2) is 0 Å². The molecule has 5 heteroatoms. The number of amides is 1. The van der Waals surface area contributed by atoms with Gasteiger partial charge in [0.25, 0.3) is 5.91 Å². The van der Waals surface area contributed by atoms with Gasteiger partial charge in [-0.1, -0.05) is 6.92 Å². The standard InChI is InChI=1S/C9H17N3O2/c1-4-9(2)7(13)11-8(12-9)10-5-6-14-3/h4-6H2,1-3H3,(H2,10,11,12,13). The molecule has 0 aromatic carbocycles. The minimum absolute atomic E-state index is 0.0174. The van der Waals surface area contributed by atoms with E-state index >= 15 is 0 Å². The van der Waals surface area contributed by atoms with Gasteiger partial charge in [0.1, 0.15) is 5.54 Å². The Labute approximate surface area is 83.9 Å². The highest BCUT2D eigenvalue weighted by Gasteiger charge is 2.38. The van der Waals surface area contributed by atoms with E-state index in [0.29, 0.717) is 19.1 Å². The maximum absolute atomic E-state index is 11.5. The molecule has 1 atom stereocenters. The van der Waals surface area contributed by atoms with E-state index in [-0.39, 0.29) is 5.91 Å². The molecule has 2 N–H and O–H groups in total. The average Bonchev–Trinajstić information content (AvgIpc) is 2.44. The summed E-state index contributed by atoms with van der Waals surface area (Å²) in [5.74, 6) is 0.535. The summed E-state index contributed by atoms with van der Waals surface area (Å²) in [7, 11) is 1.62. The molecule has 0 saturated carbocycles. The Kier molecular flexibility index (Phi) is 3.46. The highest BCUT2D eigenvalue weighted by Crippen LogP contribution is 2.13. The zero-order chi connectivity index (χ0) is 10.6. The highest BCUT2D eigenvalue weighted by atomic mass is 16.5. The van der Waals surface area contributed by atoms with E-state index in [4.69, 9.17) is 4.74 Å². The lowest BCUT2D eigenvalue weighted by Gasteiger charge is -2.17. The first-order valence-electron chi connectivity index (χ1n) is 4.75. The van der Waals surface area contributed by atoms with Crippen molar-refractivity contribution in [2.24, 2.45) is 4.99 Å². The van der Waals surface area contributed by atoms with Gasteiger partial charge in [-0.15, -0.1) is 0 Å². The fourth-order valence-corrected chi connectivity index (χ4v) is 1.17. The maximum Gasteiger partial charge on any atom is 0.252 e. The van der Waals surface area contributed by atoms with Crippen molar-refractivity contribution in [2.75, 3.05) is 20.3 Å². The first kappa shape index (κ1) is 11.0. The third-order valence-corrected chi connectivity index (χ3v) is 2.40. The molecule has 0 aromatic rings. The fraction of sp³-hybridized carbons (Fsp3) is 0.778. The second kappa shape index (κ2) is 4.41. The van der Waals surface area contributed by atoms with Gasteiger partial charge in [0.15, 0.2) is 5.96 Å². The lowest BCUT2D eigenvalue weighted by molar-refractivity contribution is -0.123. The average molecular weight is 199 g/mol. The Morgan fingerprint density at radius 3 is 2.79 bits per heavy atom. The highest BCUT2D eigenvalue weighted by molar-refractivity contribution is 6.08. The lowest BCUT2D eigenvalue weighted by Crippen LogP contribution is -2.42. The van der Waals surface area contributed by atoms with Crippen LogP contribution in [0.1, 0.15) is 20.3 Å². The summed E-state index contributed by atoms with van der Waals surface area (Å²) in [6, 6.07) is 0. The van der Waals surface area contributed by atoms with E-state index in [1.54, 1.807) is 7.11 Å². The molecular formula is C9H17N3O2. The first-order chi connectivity index (χ1) is 6.62. The van der Waals surface area contributed by atoms with Crippen molar-refractivity contribution in [1.82, 2.24) is 10.6 Å². The molecule has 80 valence electrons. The number of ether oxygens (including phenoxy) is 1. The van der Waals surface area contributed by atoms with Gasteiger partial charge in [0.2, 0.25) is 0 Å². The summed E-state index contributed by atoms with van der Waals surface area (Å²) in [5.41, 5.74) is -0.508. The van der Waals surface area contributed by atoms with Gasteiger partial charge in [0.05, 0.1) is 13.2 Å². The number of hydrogen-bond acceptors (Lipinski definition) is 3. The first-order valence-corrected chi connectivity index (χ1v) is 4.75. The molecule has 0 aliphatic carbocycles. The van der Waals surface area contributed by atoms with Gasteiger partial charge in [-0.2, -0.15) is 0 Å². The second-order valence-electron chi connectivity index (χ2n) is 3.49. The van der Waals surface area contributed by atoms with Gasteiger partial charge in [-0.05, 0) is 13.3 Å². The minimum atomic E-state index is -0.508. The molecule has 1 heterocycles. The molecule has 1 rings (SSSR count). The molecule has 1 saturated heterocycles. The topological polar surface area (TPSA) is 62.7 Å². The number of aliphatic imine (C=N–C) groups is 1. The number of nitrogens with zero attached hydrogens (tertiary/aromatic N) is 1. The van der Waals surface area contributed by atoms with E-state index in [0.717, 1.165) is 6.42 Å². The van der Waals surface area contributed by atoms with Crippen LogP contribution in [0, 0.1) is 0 Å². The summed E-state index contributed by atoms with van der Waals surface area (Å²) in [4.78, 5) is 15.6. The molecule has 1 aliphatic heterocycles. The summed E-state index contributed by atoms with van der Waals surface area (Å²) in [6.45, 7) is 4.94. The molecule has 0 spiro atoms. The van der Waals surface area contributed by atoms with Crippen molar-refractivity contribution >= 4 is 11.9 Å². The molecule has 1 unspecified atom stereocenters. The monoisotopic (exact) mass is 199 g/mol. The number of guanidine groups is 1. The van der Waals surface area contributed by atoms with Crippen LogP contribution in [0.5, 0.6) is 0 Å². The molecule has 0 bridgehead atoms. The second-order valence-corrected chi connectivity index (χ2v) is 3.49. The Balaban J connectivity index is 2.54. The van der Waals surface area contributed by atoms with E-state index in [1.165, 1.54) is 0 Å². The Morgan fingerprint density at radius 2 is 2.29 bits per heavy atom. The van der Waals surface area contributed by atoms with Crippen molar-refractivity contribution in [3.63, 3.8) is 0 Å². The number of rotatable bonds is 4. The minimum Gasteiger partial charge on any atom is -0.383 e. The zero-order valence-corrected chi connectivity index (χ0v) is 8.89. The van der Waals surface area contributed by atoms with Crippen molar-refractivity contribution in [1.29, 1.82) is 0 Å². The number of carbonyl (C=O) groups excluding carboxylic acids is 1. The smallest absolute Gasteiger partial charge is 0.252 e. The quantitative estimate of drug-likeness (QED) is 0.620. The summed E-state index contributed by atoms with van der Waals surface area (Å²) in [5, 5.41) is 5.76. The van der Waals surface area contributed by atoms with Crippen molar-refractivity contribution in [2.45, 2.75) is 25.8 Å². The molecule has 0 aromatic heterocycles. The van der Waals surface area contributed by atoms with Crippen LogP contribution in [0.25, 0.3) is 0 Å². The molecular weight excluding hydrogens is 182 g/mol. The SMILES string of the molecule is CCC1(C)NC(=NCCOC)NC1=O. The largest absolute Gasteiger partial charge is 0.383 e. The molecule has 5 nitrogen and oxygen atoms in total. The molecule has 1 amide bonds. The van der Waals surface area contributed by atoms with E-state index in [9.17, 15) is 4.79 Å². The lowest BCUT2D eigenvalue weighted by atomic mass is 10.0. The number of methoxy groups -OCH3 is 1. The molecule has 0 radical (unpaired) electrons. The number of carbonyl (C=O) groups is 1. The van der Waals surface area contributed by atoms with Crippen LogP contribution in [0.3, 0.4) is 0 Å². The van der Waals surface area contributed by atoms with Crippen LogP contribution in [0.2, 0.25) is 0 Å². The van der Waals surface area contributed by atoms with Gasteiger partial charge < -0.3 is 10.1 Å². The van der Waals surface area contributed by atoms with Gasteiger partial charge in [0, 0.05) is 7.11 Å². The van der Waals surface area contributed by atoms with E-state index < -0.39 is 5.54 Å². The predicted octanol–water partition coefficient (Wildman–Crippen LogP) is -0.123. The zero-order valence-electron chi connectivity index (χ0n) is 8.89. The summed E-state index contributed by atoms with van der Waals surface area (Å²) >= 11 is 0. The molecule has 1 aliphatic rings. The van der Waals surface area contributed by atoms with Crippen LogP contribution in [-0.4, -0.2) is 37.7 Å². The predicted molar refractivity (Wildman–Crippen MR) is 54.2 cm³/mol. The number of nitrogens with one attached hydrogen (secondary N) is 2. The van der Waals surface area contributed by atoms with Gasteiger partial charge >= 0.3 is 0 Å². The Bertz CT molecular complexity index is 252. The van der Waals surface area contributed by atoms with Crippen molar-refractivity contribution in [3.05, 3.63) is 0 Å². The summed E-state index contributed by atoms with van der Waals surface area (Å²) < 4.78 is 4.86.